The summed E-state index contributed by atoms with van der Waals surface area (Å²) in [5, 5.41) is 34.0. The number of carbonyl (C=O) groups is 2. The van der Waals surface area contributed by atoms with E-state index in [1.54, 1.807) is 0 Å². The summed E-state index contributed by atoms with van der Waals surface area (Å²) < 4.78 is 0. The van der Waals surface area contributed by atoms with Gasteiger partial charge in [0.1, 0.15) is 0 Å². The second-order valence-corrected chi connectivity index (χ2v) is 5.01. The lowest BCUT2D eigenvalue weighted by atomic mass is 9.83. The summed E-state index contributed by atoms with van der Waals surface area (Å²) >= 11 is 0. The number of aromatic carboxylic acids is 1. The Kier molecular flexibility index (Phi) is 6.59. The zero-order valence-electron chi connectivity index (χ0n) is 11.9. The van der Waals surface area contributed by atoms with Crippen LogP contribution in [0.25, 0.3) is 0 Å². The summed E-state index contributed by atoms with van der Waals surface area (Å²) in [6, 6.07) is 9.83. The molecule has 0 atom stereocenters. The van der Waals surface area contributed by atoms with Crippen molar-refractivity contribution in [3.05, 3.63) is 35.4 Å². The van der Waals surface area contributed by atoms with Crippen molar-refractivity contribution in [2.45, 2.75) is 25.7 Å². The average Bonchev–Trinajstić information content (AvgIpc) is 2.55. The van der Waals surface area contributed by atoms with E-state index in [9.17, 15) is 9.59 Å². The van der Waals surface area contributed by atoms with Gasteiger partial charge in [-0.2, -0.15) is 10.5 Å². The van der Waals surface area contributed by atoms with Crippen LogP contribution in [0.15, 0.2) is 24.3 Å². The predicted molar refractivity (Wildman–Crippen MR) is 76.8 cm³/mol. The molecule has 1 aliphatic rings. The van der Waals surface area contributed by atoms with Crippen LogP contribution in [0, 0.1) is 34.5 Å². The van der Waals surface area contributed by atoms with Crippen molar-refractivity contribution >= 4 is 11.9 Å². The zero-order valence-corrected chi connectivity index (χ0v) is 11.9. The number of carboxylic acid groups (broad SMARTS) is 2. The third-order valence-electron chi connectivity index (χ3n) is 3.52. The molecule has 2 N–H and O–H groups in total. The average molecular weight is 300 g/mol. The number of benzene rings is 1. The Morgan fingerprint density at radius 1 is 1.00 bits per heavy atom. The van der Waals surface area contributed by atoms with Crippen molar-refractivity contribution in [2.75, 3.05) is 0 Å². The van der Waals surface area contributed by atoms with Crippen molar-refractivity contribution in [3.63, 3.8) is 0 Å². The van der Waals surface area contributed by atoms with Crippen LogP contribution in [-0.2, 0) is 4.79 Å². The molecule has 0 spiro atoms. The highest BCUT2D eigenvalue weighted by Crippen LogP contribution is 2.28. The Bertz CT molecular complexity index is 603. The number of nitrogens with zero attached hydrogens (tertiary/aromatic N) is 2. The molecule has 1 fully saturated rings. The van der Waals surface area contributed by atoms with Crippen LogP contribution in [-0.4, -0.2) is 22.2 Å². The third kappa shape index (κ3) is 5.26. The van der Waals surface area contributed by atoms with Crippen molar-refractivity contribution in [1.82, 2.24) is 0 Å². The van der Waals surface area contributed by atoms with E-state index in [0.717, 1.165) is 12.8 Å². The predicted octanol–water partition coefficient (Wildman–Crippen LogP) is 2.66. The summed E-state index contributed by atoms with van der Waals surface area (Å²) in [6.45, 7) is 0. The van der Waals surface area contributed by atoms with E-state index in [1.807, 2.05) is 6.07 Å². The molecule has 22 heavy (non-hydrogen) atoms. The first-order valence-electron chi connectivity index (χ1n) is 6.83. The standard InChI is InChI=1S/C8H11NO2.C8H5NO2/c2*9-5-6-1-3-7(4-2-6)8(10)11/h6-7H,1-4H2,(H,10,11);1-4H,(H,10,11). The first-order chi connectivity index (χ1) is 10.5. The lowest BCUT2D eigenvalue weighted by molar-refractivity contribution is -0.142. The molecule has 1 aromatic rings. The third-order valence-corrected chi connectivity index (χ3v) is 3.52. The van der Waals surface area contributed by atoms with Gasteiger partial charge in [-0.3, -0.25) is 4.79 Å². The fourth-order valence-corrected chi connectivity index (χ4v) is 2.16. The minimum absolute atomic E-state index is 0.102. The van der Waals surface area contributed by atoms with E-state index in [1.165, 1.54) is 24.3 Å². The Morgan fingerprint density at radius 2 is 1.55 bits per heavy atom. The van der Waals surface area contributed by atoms with Crippen LogP contribution in [0.2, 0.25) is 0 Å². The van der Waals surface area contributed by atoms with Gasteiger partial charge in [0, 0.05) is 5.92 Å². The summed E-state index contributed by atoms with van der Waals surface area (Å²) in [4.78, 5) is 20.8. The molecule has 1 aromatic carbocycles. The highest BCUT2D eigenvalue weighted by Gasteiger charge is 2.25. The first-order valence-corrected chi connectivity index (χ1v) is 6.83. The van der Waals surface area contributed by atoms with Gasteiger partial charge in [-0.1, -0.05) is 0 Å². The SMILES string of the molecule is N#CC1CCC(C(=O)O)CC1.N#Cc1ccc(C(=O)O)cc1. The fraction of sp³-hybridized carbons (Fsp3) is 0.375. The van der Waals surface area contributed by atoms with Gasteiger partial charge in [0.2, 0.25) is 0 Å². The van der Waals surface area contributed by atoms with E-state index >= 15 is 0 Å². The summed E-state index contributed by atoms with van der Waals surface area (Å²) in [6.07, 6.45) is 2.86. The van der Waals surface area contributed by atoms with Gasteiger partial charge in [0.05, 0.1) is 29.2 Å². The molecule has 6 heteroatoms. The molecule has 0 aliphatic heterocycles. The Labute approximate surface area is 128 Å². The van der Waals surface area contributed by atoms with Crippen LogP contribution in [0.3, 0.4) is 0 Å². The van der Waals surface area contributed by atoms with Crippen molar-refractivity contribution in [1.29, 1.82) is 10.5 Å². The van der Waals surface area contributed by atoms with Crippen LogP contribution in [0.1, 0.15) is 41.6 Å². The van der Waals surface area contributed by atoms with Crippen LogP contribution < -0.4 is 0 Å². The fourth-order valence-electron chi connectivity index (χ4n) is 2.16. The van der Waals surface area contributed by atoms with Crippen molar-refractivity contribution in [3.8, 4) is 12.1 Å². The molecule has 0 aromatic heterocycles. The van der Waals surface area contributed by atoms with E-state index in [0.29, 0.717) is 18.4 Å². The molecular formula is C16H16N2O4. The molecule has 114 valence electrons. The summed E-state index contributed by atoms with van der Waals surface area (Å²) in [5.41, 5.74) is 0.666. The summed E-state index contributed by atoms with van der Waals surface area (Å²) in [5.74, 6) is -1.78. The lowest BCUT2D eigenvalue weighted by Crippen LogP contribution is -2.20. The number of hydrogen-bond acceptors (Lipinski definition) is 4. The summed E-state index contributed by atoms with van der Waals surface area (Å²) in [7, 11) is 0. The number of hydrogen-bond donors (Lipinski definition) is 2. The number of nitriles is 2. The van der Waals surface area contributed by atoms with Crippen molar-refractivity contribution in [2.24, 2.45) is 11.8 Å². The van der Waals surface area contributed by atoms with Gasteiger partial charge in [0.15, 0.2) is 0 Å². The molecule has 0 heterocycles. The molecule has 0 amide bonds. The maximum Gasteiger partial charge on any atom is 0.335 e. The Morgan fingerprint density at radius 3 is 1.91 bits per heavy atom. The lowest BCUT2D eigenvalue weighted by Gasteiger charge is -2.20. The highest BCUT2D eigenvalue weighted by atomic mass is 16.4. The molecule has 0 radical (unpaired) electrons. The minimum atomic E-state index is -0.977. The van der Waals surface area contributed by atoms with E-state index < -0.39 is 11.9 Å². The quantitative estimate of drug-likeness (QED) is 0.865. The smallest absolute Gasteiger partial charge is 0.335 e. The molecule has 0 saturated heterocycles. The van der Waals surface area contributed by atoms with Gasteiger partial charge in [-0.25, -0.2) is 4.79 Å². The van der Waals surface area contributed by atoms with Gasteiger partial charge in [-0.05, 0) is 49.9 Å². The van der Waals surface area contributed by atoms with E-state index in [4.69, 9.17) is 20.7 Å². The molecule has 6 nitrogen and oxygen atoms in total. The van der Waals surface area contributed by atoms with Gasteiger partial charge < -0.3 is 10.2 Å². The minimum Gasteiger partial charge on any atom is -0.481 e. The highest BCUT2D eigenvalue weighted by molar-refractivity contribution is 5.87. The van der Waals surface area contributed by atoms with Crippen LogP contribution >= 0.6 is 0 Å². The largest absolute Gasteiger partial charge is 0.481 e. The molecule has 0 bridgehead atoms. The van der Waals surface area contributed by atoms with Crippen LogP contribution in [0.4, 0.5) is 0 Å². The van der Waals surface area contributed by atoms with Gasteiger partial charge in [-0.15, -0.1) is 0 Å². The van der Waals surface area contributed by atoms with Crippen LogP contribution in [0.5, 0.6) is 0 Å². The monoisotopic (exact) mass is 300 g/mol. The molecule has 1 saturated carbocycles. The molecular weight excluding hydrogens is 284 g/mol. The second kappa shape index (κ2) is 8.43. The van der Waals surface area contributed by atoms with E-state index in [-0.39, 0.29) is 17.4 Å². The maximum absolute atomic E-state index is 10.5. The molecule has 2 rings (SSSR count). The Hall–Kier alpha value is -2.86. The van der Waals surface area contributed by atoms with E-state index in [2.05, 4.69) is 6.07 Å². The first kappa shape index (κ1) is 17.2. The Balaban J connectivity index is 0.000000220. The second-order valence-electron chi connectivity index (χ2n) is 5.01. The number of rotatable bonds is 2. The van der Waals surface area contributed by atoms with Gasteiger partial charge in [0.25, 0.3) is 0 Å². The zero-order chi connectivity index (χ0) is 16.5. The maximum atomic E-state index is 10.5. The normalized spacial score (nSPS) is 19.7. The number of aliphatic carboxylic acids is 1. The number of carboxylic acids is 2. The molecule has 1 aliphatic carbocycles. The van der Waals surface area contributed by atoms with Gasteiger partial charge >= 0.3 is 11.9 Å². The topological polar surface area (TPSA) is 122 Å². The van der Waals surface area contributed by atoms with Crippen molar-refractivity contribution < 1.29 is 19.8 Å². The molecule has 0 unspecified atom stereocenters.